The van der Waals surface area contributed by atoms with E-state index in [1.54, 1.807) is 19.2 Å². The van der Waals surface area contributed by atoms with E-state index in [1.807, 2.05) is 19.9 Å². The summed E-state index contributed by atoms with van der Waals surface area (Å²) in [4.78, 5) is 0. The van der Waals surface area contributed by atoms with Gasteiger partial charge in [0.15, 0.2) is 0 Å². The smallest absolute Gasteiger partial charge is 0.127 e. The van der Waals surface area contributed by atoms with Crippen LogP contribution in [0.15, 0.2) is 24.3 Å². The summed E-state index contributed by atoms with van der Waals surface area (Å²) >= 11 is 0. The van der Waals surface area contributed by atoms with Gasteiger partial charge in [-0.05, 0) is 19.9 Å². The minimum absolute atomic E-state index is 0.00338. The molecule has 0 aliphatic carbocycles. The fourth-order valence-electron chi connectivity index (χ4n) is 1.64. The van der Waals surface area contributed by atoms with E-state index in [1.165, 1.54) is 6.07 Å². The number of ether oxygens (including phenoxy) is 1. The van der Waals surface area contributed by atoms with Crippen LogP contribution in [0.4, 0.5) is 4.39 Å². The number of nitrogens with one attached hydrogen (secondary N) is 1. The van der Waals surface area contributed by atoms with E-state index < -0.39 is 0 Å². The fraction of sp³-hybridized carbons (Fsp3) is 0.500. The molecule has 0 spiro atoms. The van der Waals surface area contributed by atoms with Crippen LogP contribution in [0.5, 0.6) is 0 Å². The Morgan fingerprint density at radius 2 is 2.00 bits per heavy atom. The van der Waals surface area contributed by atoms with Gasteiger partial charge in [0, 0.05) is 24.8 Å². The first-order valence-electron chi connectivity index (χ1n) is 5.14. The molecule has 2 atom stereocenters. The molecular weight excluding hydrogens is 193 g/mol. The highest BCUT2D eigenvalue weighted by Crippen LogP contribution is 2.16. The lowest BCUT2D eigenvalue weighted by Crippen LogP contribution is -2.32. The van der Waals surface area contributed by atoms with Gasteiger partial charge < -0.3 is 10.1 Å². The molecule has 0 aliphatic rings. The predicted molar refractivity (Wildman–Crippen MR) is 59.3 cm³/mol. The topological polar surface area (TPSA) is 21.3 Å². The van der Waals surface area contributed by atoms with Crippen LogP contribution in [0.25, 0.3) is 0 Å². The number of halogens is 1. The number of hydrogen-bond acceptors (Lipinski definition) is 2. The van der Waals surface area contributed by atoms with Crippen molar-refractivity contribution in [3.8, 4) is 0 Å². The molecule has 0 radical (unpaired) electrons. The van der Waals surface area contributed by atoms with Crippen molar-refractivity contribution in [3.63, 3.8) is 0 Å². The molecule has 1 aromatic rings. The first-order valence-corrected chi connectivity index (χ1v) is 5.14. The Hall–Kier alpha value is -0.930. The van der Waals surface area contributed by atoms with Gasteiger partial charge >= 0.3 is 0 Å². The van der Waals surface area contributed by atoms with E-state index in [-0.39, 0.29) is 17.9 Å². The number of benzene rings is 1. The molecule has 0 saturated carbocycles. The minimum atomic E-state index is -0.165. The number of methoxy groups -OCH3 is 1. The van der Waals surface area contributed by atoms with Gasteiger partial charge in [-0.25, -0.2) is 4.39 Å². The van der Waals surface area contributed by atoms with E-state index >= 15 is 0 Å². The Bertz CT molecular complexity index is 303. The summed E-state index contributed by atoms with van der Waals surface area (Å²) in [6, 6.07) is 7.03. The molecule has 0 heterocycles. The zero-order valence-corrected chi connectivity index (χ0v) is 9.46. The lowest BCUT2D eigenvalue weighted by Gasteiger charge is -2.20. The lowest BCUT2D eigenvalue weighted by molar-refractivity contribution is 0.167. The van der Waals surface area contributed by atoms with Crippen LogP contribution in [0.2, 0.25) is 0 Å². The highest BCUT2D eigenvalue weighted by atomic mass is 19.1. The summed E-state index contributed by atoms with van der Waals surface area (Å²) < 4.78 is 18.4. The summed E-state index contributed by atoms with van der Waals surface area (Å²) in [6.07, 6.45) is 0. The van der Waals surface area contributed by atoms with Crippen LogP contribution in [-0.2, 0) is 4.74 Å². The monoisotopic (exact) mass is 211 g/mol. The van der Waals surface area contributed by atoms with E-state index in [2.05, 4.69) is 5.32 Å². The van der Waals surface area contributed by atoms with Gasteiger partial charge in [0.1, 0.15) is 5.82 Å². The molecule has 0 aromatic heterocycles. The second-order valence-corrected chi connectivity index (χ2v) is 3.77. The molecule has 1 rings (SSSR count). The summed E-state index contributed by atoms with van der Waals surface area (Å²) in [5, 5.41) is 3.27. The highest BCUT2D eigenvalue weighted by molar-refractivity contribution is 5.20. The van der Waals surface area contributed by atoms with Gasteiger partial charge in [0.05, 0.1) is 6.61 Å². The lowest BCUT2D eigenvalue weighted by atomic mass is 10.1. The summed E-state index contributed by atoms with van der Waals surface area (Å²) in [5.41, 5.74) is 0.695. The molecule has 2 nitrogen and oxygen atoms in total. The average Bonchev–Trinajstić information content (AvgIpc) is 2.18. The Balaban J connectivity index is 2.61. The molecule has 1 aromatic carbocycles. The van der Waals surface area contributed by atoms with Crippen molar-refractivity contribution >= 4 is 0 Å². The number of rotatable bonds is 5. The molecule has 0 amide bonds. The predicted octanol–water partition coefficient (Wildman–Crippen LogP) is 2.51. The molecule has 0 fully saturated rings. The third-order valence-electron chi connectivity index (χ3n) is 2.32. The zero-order chi connectivity index (χ0) is 11.3. The van der Waals surface area contributed by atoms with E-state index in [9.17, 15) is 4.39 Å². The average molecular weight is 211 g/mol. The van der Waals surface area contributed by atoms with Crippen molar-refractivity contribution < 1.29 is 9.13 Å². The summed E-state index contributed by atoms with van der Waals surface area (Å²) in [5.74, 6) is -0.165. The molecule has 3 heteroatoms. The van der Waals surface area contributed by atoms with Crippen LogP contribution >= 0.6 is 0 Å². The van der Waals surface area contributed by atoms with E-state index in [0.29, 0.717) is 12.2 Å². The molecule has 0 unspecified atom stereocenters. The van der Waals surface area contributed by atoms with Gasteiger partial charge in [-0.3, -0.25) is 0 Å². The van der Waals surface area contributed by atoms with Crippen molar-refractivity contribution in [2.75, 3.05) is 13.7 Å². The molecule has 0 aliphatic heterocycles. The number of hydrogen-bond donors (Lipinski definition) is 1. The van der Waals surface area contributed by atoms with E-state index in [0.717, 1.165) is 0 Å². The Kier molecular flexibility index (Phi) is 4.72. The first kappa shape index (κ1) is 12.1. The molecule has 0 bridgehead atoms. The second kappa shape index (κ2) is 5.83. The normalized spacial score (nSPS) is 14.9. The Morgan fingerprint density at radius 1 is 1.33 bits per heavy atom. The molecule has 15 heavy (non-hydrogen) atoms. The Morgan fingerprint density at radius 3 is 2.60 bits per heavy atom. The highest BCUT2D eigenvalue weighted by Gasteiger charge is 2.12. The SMILES string of the molecule is COC[C@H](C)N[C@@H](C)c1ccccc1F. The van der Waals surface area contributed by atoms with Crippen molar-refractivity contribution in [1.29, 1.82) is 0 Å². The molecule has 84 valence electrons. The third-order valence-corrected chi connectivity index (χ3v) is 2.32. The van der Waals surface area contributed by atoms with Gasteiger partial charge in [-0.2, -0.15) is 0 Å². The van der Waals surface area contributed by atoms with Crippen LogP contribution in [0, 0.1) is 5.82 Å². The molecule has 1 N–H and O–H groups in total. The van der Waals surface area contributed by atoms with Gasteiger partial charge in [-0.15, -0.1) is 0 Å². The van der Waals surface area contributed by atoms with Crippen molar-refractivity contribution in [2.45, 2.75) is 25.9 Å². The van der Waals surface area contributed by atoms with Crippen molar-refractivity contribution in [3.05, 3.63) is 35.6 Å². The van der Waals surface area contributed by atoms with Crippen LogP contribution in [0.3, 0.4) is 0 Å². The maximum absolute atomic E-state index is 13.4. The maximum atomic E-state index is 13.4. The van der Waals surface area contributed by atoms with Gasteiger partial charge in [-0.1, -0.05) is 18.2 Å². The quantitative estimate of drug-likeness (QED) is 0.808. The van der Waals surface area contributed by atoms with Gasteiger partial charge in [0.25, 0.3) is 0 Å². The standard InChI is InChI=1S/C12H18FNO/c1-9(8-15-3)14-10(2)11-6-4-5-7-12(11)13/h4-7,9-10,14H,8H2,1-3H3/t9-,10-/m0/s1. The van der Waals surface area contributed by atoms with Crippen LogP contribution in [0.1, 0.15) is 25.5 Å². The summed E-state index contributed by atoms with van der Waals surface area (Å²) in [6.45, 7) is 4.59. The first-order chi connectivity index (χ1) is 7.15. The molecule has 0 saturated heterocycles. The van der Waals surface area contributed by atoms with E-state index in [4.69, 9.17) is 4.74 Å². The molecular formula is C12H18FNO. The fourth-order valence-corrected chi connectivity index (χ4v) is 1.64. The van der Waals surface area contributed by atoms with Crippen molar-refractivity contribution in [1.82, 2.24) is 5.32 Å². The maximum Gasteiger partial charge on any atom is 0.127 e. The largest absolute Gasteiger partial charge is 0.383 e. The van der Waals surface area contributed by atoms with Gasteiger partial charge in [0.2, 0.25) is 0 Å². The third kappa shape index (κ3) is 3.61. The summed E-state index contributed by atoms with van der Waals surface area (Å²) in [7, 11) is 1.66. The second-order valence-electron chi connectivity index (χ2n) is 3.77. The zero-order valence-electron chi connectivity index (χ0n) is 9.46. The minimum Gasteiger partial charge on any atom is -0.383 e. The van der Waals surface area contributed by atoms with Crippen LogP contribution < -0.4 is 5.32 Å². The van der Waals surface area contributed by atoms with Crippen LogP contribution in [-0.4, -0.2) is 19.8 Å². The Labute approximate surface area is 90.4 Å². The van der Waals surface area contributed by atoms with Crippen molar-refractivity contribution in [2.24, 2.45) is 0 Å².